The Morgan fingerprint density at radius 2 is 1.71 bits per heavy atom. The number of fused-ring (bicyclic) bond motifs is 1. The highest BCUT2D eigenvalue weighted by atomic mass is 16.4. The number of benzene rings is 3. The molecule has 0 aromatic heterocycles. The lowest BCUT2D eigenvalue weighted by Crippen LogP contribution is -2.01. The minimum Gasteiger partial charge on any atom is -0.478 e. The number of carboxylic acid groups (broad SMARTS) is 1. The van der Waals surface area contributed by atoms with Gasteiger partial charge < -0.3 is 5.11 Å². The fourth-order valence-corrected chi connectivity index (χ4v) is 2.79. The molecule has 0 amide bonds. The lowest BCUT2D eigenvalue weighted by Gasteiger charge is -2.14. The zero-order valence-corrected chi connectivity index (χ0v) is 12.1. The summed E-state index contributed by atoms with van der Waals surface area (Å²) in [5, 5.41) is 11.7. The standard InChI is InChI=1S/C19H16O2/c1-12-7-10-16(19(20)21)17(11-12)18-13(2)8-9-14-5-3-4-6-15(14)18/h3-11H,1-2H3,(H,20,21). The summed E-state index contributed by atoms with van der Waals surface area (Å²) >= 11 is 0. The minimum atomic E-state index is -0.891. The van der Waals surface area contributed by atoms with Crippen LogP contribution in [0.3, 0.4) is 0 Å². The molecule has 3 rings (SSSR count). The van der Waals surface area contributed by atoms with Crippen LogP contribution in [0.25, 0.3) is 21.9 Å². The van der Waals surface area contributed by atoms with Crippen molar-refractivity contribution in [2.24, 2.45) is 0 Å². The van der Waals surface area contributed by atoms with Crippen molar-refractivity contribution in [2.45, 2.75) is 13.8 Å². The molecule has 0 fully saturated rings. The first kappa shape index (κ1) is 13.4. The van der Waals surface area contributed by atoms with Crippen LogP contribution in [0.5, 0.6) is 0 Å². The van der Waals surface area contributed by atoms with Gasteiger partial charge >= 0.3 is 5.97 Å². The number of rotatable bonds is 2. The minimum absolute atomic E-state index is 0.347. The van der Waals surface area contributed by atoms with Gasteiger partial charge in [0.1, 0.15) is 0 Å². The second-order valence-electron chi connectivity index (χ2n) is 5.33. The zero-order chi connectivity index (χ0) is 15.0. The summed E-state index contributed by atoms with van der Waals surface area (Å²) in [6, 6.07) is 17.7. The lowest BCUT2D eigenvalue weighted by molar-refractivity contribution is 0.0698. The molecule has 0 bridgehead atoms. The molecule has 104 valence electrons. The number of hydrogen-bond donors (Lipinski definition) is 1. The number of carboxylic acids is 1. The molecule has 0 aliphatic carbocycles. The SMILES string of the molecule is Cc1ccc(C(=O)O)c(-c2c(C)ccc3ccccc23)c1. The van der Waals surface area contributed by atoms with Crippen LogP contribution >= 0.6 is 0 Å². The maximum atomic E-state index is 11.6. The average Bonchev–Trinajstić information content (AvgIpc) is 2.46. The highest BCUT2D eigenvalue weighted by Gasteiger charge is 2.15. The molecular formula is C19H16O2. The lowest BCUT2D eigenvalue weighted by atomic mass is 9.90. The first-order valence-electron chi connectivity index (χ1n) is 6.90. The molecule has 0 radical (unpaired) electrons. The number of hydrogen-bond acceptors (Lipinski definition) is 1. The molecule has 0 unspecified atom stereocenters. The van der Waals surface area contributed by atoms with E-state index >= 15 is 0 Å². The topological polar surface area (TPSA) is 37.3 Å². The van der Waals surface area contributed by atoms with E-state index < -0.39 is 5.97 Å². The maximum Gasteiger partial charge on any atom is 0.336 e. The summed E-state index contributed by atoms with van der Waals surface area (Å²) in [6.07, 6.45) is 0. The van der Waals surface area contributed by atoms with Crippen LogP contribution in [0.1, 0.15) is 21.5 Å². The molecule has 2 nitrogen and oxygen atoms in total. The first-order valence-corrected chi connectivity index (χ1v) is 6.90. The van der Waals surface area contributed by atoms with Crippen molar-refractivity contribution in [1.29, 1.82) is 0 Å². The Morgan fingerprint density at radius 1 is 0.952 bits per heavy atom. The number of carbonyl (C=O) groups is 1. The summed E-state index contributed by atoms with van der Waals surface area (Å²) in [6.45, 7) is 4.01. The Bertz CT molecular complexity index is 847. The molecular weight excluding hydrogens is 260 g/mol. The van der Waals surface area contributed by atoms with Crippen LogP contribution in [-0.4, -0.2) is 11.1 Å². The van der Waals surface area contributed by atoms with E-state index in [1.807, 2.05) is 50.2 Å². The van der Waals surface area contributed by atoms with Crippen molar-refractivity contribution in [2.75, 3.05) is 0 Å². The van der Waals surface area contributed by atoms with E-state index in [0.717, 1.165) is 33.0 Å². The van der Waals surface area contributed by atoms with Crippen LogP contribution in [0.15, 0.2) is 54.6 Å². The Balaban J connectivity index is 2.43. The van der Waals surface area contributed by atoms with Crippen molar-refractivity contribution >= 4 is 16.7 Å². The quantitative estimate of drug-likeness (QED) is 0.728. The smallest absolute Gasteiger partial charge is 0.336 e. The fraction of sp³-hybridized carbons (Fsp3) is 0.105. The molecule has 0 saturated carbocycles. The van der Waals surface area contributed by atoms with Gasteiger partial charge in [0.25, 0.3) is 0 Å². The van der Waals surface area contributed by atoms with Crippen molar-refractivity contribution in [3.63, 3.8) is 0 Å². The first-order chi connectivity index (χ1) is 10.1. The summed E-state index contributed by atoms with van der Waals surface area (Å²) in [4.78, 5) is 11.6. The average molecular weight is 276 g/mol. The van der Waals surface area contributed by atoms with E-state index in [-0.39, 0.29) is 0 Å². The molecule has 0 aliphatic heterocycles. The third-order valence-corrected chi connectivity index (χ3v) is 3.81. The van der Waals surface area contributed by atoms with Crippen LogP contribution in [0.4, 0.5) is 0 Å². The van der Waals surface area contributed by atoms with Gasteiger partial charge in [0, 0.05) is 0 Å². The monoisotopic (exact) mass is 276 g/mol. The van der Waals surface area contributed by atoms with Crippen molar-refractivity contribution in [3.8, 4) is 11.1 Å². The molecule has 0 aliphatic rings. The van der Waals surface area contributed by atoms with Gasteiger partial charge in [-0.25, -0.2) is 4.79 Å². The summed E-state index contributed by atoms with van der Waals surface area (Å²) in [7, 11) is 0. The van der Waals surface area contributed by atoms with E-state index in [1.165, 1.54) is 0 Å². The third-order valence-electron chi connectivity index (χ3n) is 3.81. The fourth-order valence-electron chi connectivity index (χ4n) is 2.79. The number of aryl methyl sites for hydroxylation is 2. The van der Waals surface area contributed by atoms with Crippen LogP contribution in [0, 0.1) is 13.8 Å². The van der Waals surface area contributed by atoms with Crippen LogP contribution in [0.2, 0.25) is 0 Å². The van der Waals surface area contributed by atoms with Gasteiger partial charge in [-0.2, -0.15) is 0 Å². The van der Waals surface area contributed by atoms with E-state index in [4.69, 9.17) is 0 Å². The highest BCUT2D eigenvalue weighted by molar-refractivity contribution is 6.04. The van der Waals surface area contributed by atoms with E-state index in [9.17, 15) is 9.90 Å². The van der Waals surface area contributed by atoms with Gasteiger partial charge in [0.15, 0.2) is 0 Å². The van der Waals surface area contributed by atoms with Gasteiger partial charge in [-0.3, -0.25) is 0 Å². The molecule has 0 atom stereocenters. The second-order valence-corrected chi connectivity index (χ2v) is 5.33. The largest absolute Gasteiger partial charge is 0.478 e. The van der Waals surface area contributed by atoms with Crippen molar-refractivity contribution in [1.82, 2.24) is 0 Å². The molecule has 1 N–H and O–H groups in total. The van der Waals surface area contributed by atoms with Crippen LogP contribution in [-0.2, 0) is 0 Å². The van der Waals surface area contributed by atoms with E-state index in [1.54, 1.807) is 6.07 Å². The molecule has 3 aromatic rings. The van der Waals surface area contributed by atoms with Crippen molar-refractivity contribution in [3.05, 3.63) is 71.3 Å². The summed E-state index contributed by atoms with van der Waals surface area (Å²) in [5.41, 5.74) is 4.29. The van der Waals surface area contributed by atoms with Crippen molar-refractivity contribution < 1.29 is 9.90 Å². The third kappa shape index (κ3) is 2.29. The van der Waals surface area contributed by atoms with E-state index in [0.29, 0.717) is 5.56 Å². The predicted molar refractivity (Wildman–Crippen MR) is 85.8 cm³/mol. The Kier molecular flexibility index (Phi) is 3.22. The zero-order valence-electron chi connectivity index (χ0n) is 12.1. The van der Waals surface area contributed by atoms with Gasteiger partial charge in [-0.1, -0.05) is 54.1 Å². The molecule has 0 heterocycles. The molecule has 0 saturated heterocycles. The normalized spacial score (nSPS) is 10.8. The second kappa shape index (κ2) is 5.06. The Morgan fingerprint density at radius 3 is 2.48 bits per heavy atom. The van der Waals surface area contributed by atoms with Crippen LogP contribution < -0.4 is 0 Å². The molecule has 21 heavy (non-hydrogen) atoms. The summed E-state index contributed by atoms with van der Waals surface area (Å²) < 4.78 is 0. The van der Waals surface area contributed by atoms with E-state index in [2.05, 4.69) is 12.1 Å². The number of aromatic carboxylic acids is 1. The Labute approximate surface area is 123 Å². The molecule has 2 heteroatoms. The maximum absolute atomic E-state index is 11.6. The predicted octanol–water partition coefficient (Wildman–Crippen LogP) is 4.82. The van der Waals surface area contributed by atoms with Gasteiger partial charge in [-0.15, -0.1) is 0 Å². The van der Waals surface area contributed by atoms with Gasteiger partial charge in [-0.05, 0) is 47.4 Å². The molecule has 3 aromatic carbocycles. The highest BCUT2D eigenvalue weighted by Crippen LogP contribution is 2.34. The van der Waals surface area contributed by atoms with Gasteiger partial charge in [0.05, 0.1) is 5.56 Å². The molecule has 0 spiro atoms. The summed E-state index contributed by atoms with van der Waals surface area (Å²) in [5.74, 6) is -0.891. The van der Waals surface area contributed by atoms with Gasteiger partial charge in [0.2, 0.25) is 0 Å². The Hall–Kier alpha value is -2.61.